The van der Waals surface area contributed by atoms with Gasteiger partial charge in [0.25, 0.3) is 5.78 Å². The Bertz CT molecular complexity index is 1240. The zero-order chi connectivity index (χ0) is 22.7. The van der Waals surface area contributed by atoms with E-state index in [-0.39, 0.29) is 18.1 Å². The summed E-state index contributed by atoms with van der Waals surface area (Å²) in [5.41, 5.74) is 4.40. The Kier molecular flexibility index (Phi) is 6.11. The van der Waals surface area contributed by atoms with Gasteiger partial charge in [0.2, 0.25) is 5.91 Å². The fourth-order valence-corrected chi connectivity index (χ4v) is 3.80. The Balaban J connectivity index is 1.54. The molecule has 2 aromatic heterocycles. The van der Waals surface area contributed by atoms with Gasteiger partial charge in [-0.1, -0.05) is 24.3 Å². The maximum atomic E-state index is 13.5. The average Bonchev–Trinajstić information content (AvgIpc) is 3.27. The van der Waals surface area contributed by atoms with Gasteiger partial charge in [0, 0.05) is 17.8 Å². The van der Waals surface area contributed by atoms with Crippen molar-refractivity contribution in [1.29, 1.82) is 0 Å². The van der Waals surface area contributed by atoms with Gasteiger partial charge in [-0.25, -0.2) is 13.9 Å². The number of fused-ring (bicyclic) bond motifs is 1. The summed E-state index contributed by atoms with van der Waals surface area (Å²) in [6.45, 7) is 3.86. The number of carbonyl (C=O) groups is 1. The van der Waals surface area contributed by atoms with Crippen molar-refractivity contribution in [1.82, 2.24) is 24.9 Å². The first-order valence-corrected chi connectivity index (χ1v) is 10.3. The zero-order valence-corrected chi connectivity index (χ0v) is 18.2. The number of halogens is 1. The molecule has 0 radical (unpaired) electrons. The van der Waals surface area contributed by atoms with E-state index in [9.17, 15) is 9.18 Å². The van der Waals surface area contributed by atoms with Gasteiger partial charge >= 0.3 is 0 Å². The van der Waals surface area contributed by atoms with Gasteiger partial charge in [-0.3, -0.25) is 4.79 Å². The van der Waals surface area contributed by atoms with E-state index in [1.54, 1.807) is 23.8 Å². The van der Waals surface area contributed by atoms with Crippen LogP contribution in [0, 0.1) is 19.7 Å². The first-order valence-electron chi connectivity index (χ1n) is 10.3. The van der Waals surface area contributed by atoms with E-state index < -0.39 is 6.04 Å². The van der Waals surface area contributed by atoms with Crippen LogP contribution in [0.3, 0.4) is 0 Å². The third kappa shape index (κ3) is 4.44. The minimum Gasteiger partial charge on any atom is -0.497 e. The molecule has 1 N–H and O–H groups in total. The molecule has 2 heterocycles. The summed E-state index contributed by atoms with van der Waals surface area (Å²) in [6, 6.07) is 13.2. The lowest BCUT2D eigenvalue weighted by atomic mass is 9.98. The SMILES string of the molecule is COc1ccc(C(NC(=O)CCc2c(C)nc3ncnn3c2C)c2ccc(F)cc2)cc1. The second-order valence-electron chi connectivity index (χ2n) is 7.56. The Morgan fingerprint density at radius 3 is 2.41 bits per heavy atom. The number of carbonyl (C=O) groups excluding carboxylic acids is 1. The minimum atomic E-state index is -0.410. The number of hydrogen-bond donors (Lipinski definition) is 1. The summed E-state index contributed by atoms with van der Waals surface area (Å²) in [5.74, 6) is 0.826. The largest absolute Gasteiger partial charge is 0.497 e. The van der Waals surface area contributed by atoms with Crippen LogP contribution in [0.4, 0.5) is 4.39 Å². The van der Waals surface area contributed by atoms with E-state index in [1.807, 2.05) is 38.1 Å². The average molecular weight is 433 g/mol. The van der Waals surface area contributed by atoms with Gasteiger partial charge < -0.3 is 10.1 Å². The van der Waals surface area contributed by atoms with E-state index in [1.165, 1.54) is 18.5 Å². The van der Waals surface area contributed by atoms with Crippen molar-refractivity contribution >= 4 is 11.7 Å². The normalized spacial score (nSPS) is 12.0. The predicted octanol–water partition coefficient (Wildman–Crippen LogP) is 3.73. The number of aromatic nitrogens is 4. The van der Waals surface area contributed by atoms with Gasteiger partial charge in [0.05, 0.1) is 13.2 Å². The highest BCUT2D eigenvalue weighted by molar-refractivity contribution is 5.77. The highest BCUT2D eigenvalue weighted by Crippen LogP contribution is 2.25. The number of amides is 1. The smallest absolute Gasteiger partial charge is 0.252 e. The van der Waals surface area contributed by atoms with Crippen LogP contribution in [0.2, 0.25) is 0 Å². The number of hydrogen-bond acceptors (Lipinski definition) is 5. The lowest BCUT2D eigenvalue weighted by Gasteiger charge is -2.20. The molecule has 0 aliphatic carbocycles. The summed E-state index contributed by atoms with van der Waals surface area (Å²) in [5, 5.41) is 7.29. The molecule has 4 rings (SSSR count). The van der Waals surface area contributed by atoms with Crippen LogP contribution in [0.15, 0.2) is 54.9 Å². The third-order valence-electron chi connectivity index (χ3n) is 5.55. The molecule has 0 aliphatic rings. The summed E-state index contributed by atoms with van der Waals surface area (Å²) < 4.78 is 20.4. The van der Waals surface area contributed by atoms with Crippen LogP contribution in [0.1, 0.15) is 40.5 Å². The standard InChI is InChI=1S/C24H24FN5O2/c1-15-21(16(2)30-24(28-15)26-14-27-30)12-13-22(31)29-23(17-4-8-19(25)9-5-17)18-6-10-20(32-3)11-7-18/h4-11,14,23H,12-13H2,1-3H3,(H,29,31). The number of rotatable bonds is 7. The van der Waals surface area contributed by atoms with E-state index >= 15 is 0 Å². The molecule has 1 unspecified atom stereocenters. The fourth-order valence-electron chi connectivity index (χ4n) is 3.80. The van der Waals surface area contributed by atoms with Crippen molar-refractivity contribution in [3.63, 3.8) is 0 Å². The number of methoxy groups -OCH3 is 1. The van der Waals surface area contributed by atoms with Gasteiger partial charge in [-0.2, -0.15) is 10.1 Å². The van der Waals surface area contributed by atoms with Crippen LogP contribution in [0.5, 0.6) is 5.75 Å². The van der Waals surface area contributed by atoms with Gasteiger partial charge in [0.1, 0.15) is 17.9 Å². The molecule has 7 nitrogen and oxygen atoms in total. The Morgan fingerprint density at radius 2 is 1.75 bits per heavy atom. The highest BCUT2D eigenvalue weighted by atomic mass is 19.1. The molecule has 32 heavy (non-hydrogen) atoms. The number of aryl methyl sites for hydroxylation is 2. The van der Waals surface area contributed by atoms with Crippen LogP contribution >= 0.6 is 0 Å². The number of benzene rings is 2. The second kappa shape index (κ2) is 9.13. The number of ether oxygens (including phenoxy) is 1. The van der Waals surface area contributed by atoms with Crippen LogP contribution < -0.4 is 10.1 Å². The van der Waals surface area contributed by atoms with Crippen molar-refractivity contribution in [2.24, 2.45) is 0 Å². The van der Waals surface area contributed by atoms with Crippen molar-refractivity contribution in [2.75, 3.05) is 7.11 Å². The maximum absolute atomic E-state index is 13.5. The Morgan fingerprint density at radius 1 is 1.09 bits per heavy atom. The lowest BCUT2D eigenvalue weighted by Crippen LogP contribution is -2.29. The summed E-state index contributed by atoms with van der Waals surface area (Å²) in [4.78, 5) is 21.5. The van der Waals surface area contributed by atoms with Crippen LogP contribution in [-0.4, -0.2) is 32.6 Å². The molecule has 0 saturated heterocycles. The molecule has 1 amide bonds. The second-order valence-corrected chi connectivity index (χ2v) is 7.56. The molecule has 2 aromatic carbocycles. The minimum absolute atomic E-state index is 0.118. The van der Waals surface area contributed by atoms with Gasteiger partial charge in [0.15, 0.2) is 0 Å². The summed E-state index contributed by atoms with van der Waals surface area (Å²) in [6.07, 6.45) is 2.26. The van der Waals surface area contributed by atoms with E-state index in [4.69, 9.17) is 4.74 Å². The molecule has 0 bridgehead atoms. The topological polar surface area (TPSA) is 81.4 Å². The highest BCUT2D eigenvalue weighted by Gasteiger charge is 2.19. The molecule has 0 spiro atoms. The van der Waals surface area contributed by atoms with Crippen molar-refractivity contribution < 1.29 is 13.9 Å². The summed E-state index contributed by atoms with van der Waals surface area (Å²) in [7, 11) is 1.60. The van der Waals surface area contributed by atoms with Crippen LogP contribution in [0.25, 0.3) is 5.78 Å². The third-order valence-corrected chi connectivity index (χ3v) is 5.55. The quantitative estimate of drug-likeness (QED) is 0.480. The predicted molar refractivity (Wildman–Crippen MR) is 118 cm³/mol. The monoisotopic (exact) mass is 433 g/mol. The molecule has 4 aromatic rings. The lowest BCUT2D eigenvalue weighted by molar-refractivity contribution is -0.121. The van der Waals surface area contributed by atoms with Crippen molar-refractivity contribution in [3.05, 3.63) is 88.8 Å². The first-order chi connectivity index (χ1) is 15.5. The fraction of sp³-hybridized carbons (Fsp3) is 0.250. The molecule has 164 valence electrons. The molecule has 0 fully saturated rings. The first kappa shape index (κ1) is 21.4. The Hall–Kier alpha value is -3.81. The van der Waals surface area contributed by atoms with Crippen LogP contribution in [-0.2, 0) is 11.2 Å². The Labute approximate surface area is 185 Å². The molecular formula is C24H24FN5O2. The number of nitrogens with one attached hydrogen (secondary N) is 1. The molecular weight excluding hydrogens is 409 g/mol. The van der Waals surface area contributed by atoms with Crippen molar-refractivity contribution in [2.45, 2.75) is 32.7 Å². The zero-order valence-electron chi connectivity index (χ0n) is 18.2. The maximum Gasteiger partial charge on any atom is 0.252 e. The van der Waals surface area contributed by atoms with E-state index in [0.29, 0.717) is 12.2 Å². The molecule has 0 aliphatic heterocycles. The van der Waals surface area contributed by atoms with Gasteiger partial charge in [-0.15, -0.1) is 0 Å². The van der Waals surface area contributed by atoms with Crippen molar-refractivity contribution in [3.8, 4) is 5.75 Å². The van der Waals surface area contributed by atoms with E-state index in [2.05, 4.69) is 20.4 Å². The molecule has 1 atom stereocenters. The molecule has 0 saturated carbocycles. The van der Waals surface area contributed by atoms with E-state index in [0.717, 1.165) is 33.8 Å². The summed E-state index contributed by atoms with van der Waals surface area (Å²) >= 11 is 0. The molecule has 8 heteroatoms. The van der Waals surface area contributed by atoms with Gasteiger partial charge in [-0.05, 0) is 61.2 Å². The number of nitrogens with zero attached hydrogens (tertiary/aromatic N) is 4.